The summed E-state index contributed by atoms with van der Waals surface area (Å²) >= 11 is 0. The van der Waals surface area contributed by atoms with E-state index in [4.69, 9.17) is 5.73 Å². The maximum atomic E-state index is 13.1. The van der Waals surface area contributed by atoms with E-state index in [0.29, 0.717) is 19.0 Å². The summed E-state index contributed by atoms with van der Waals surface area (Å²) in [7, 11) is -3.92. The Morgan fingerprint density at radius 1 is 1.21 bits per heavy atom. The van der Waals surface area contributed by atoms with E-state index >= 15 is 0 Å². The van der Waals surface area contributed by atoms with Crippen LogP contribution in [0.1, 0.15) is 19.3 Å². The Labute approximate surface area is 111 Å². The highest BCUT2D eigenvalue weighted by atomic mass is 32.2. The van der Waals surface area contributed by atoms with Crippen LogP contribution in [0.5, 0.6) is 0 Å². The van der Waals surface area contributed by atoms with E-state index < -0.39 is 26.6 Å². The van der Waals surface area contributed by atoms with Gasteiger partial charge < -0.3 is 5.73 Å². The number of benzene rings is 1. The van der Waals surface area contributed by atoms with Crippen LogP contribution in [0.25, 0.3) is 0 Å². The van der Waals surface area contributed by atoms with E-state index in [1.54, 1.807) is 0 Å². The van der Waals surface area contributed by atoms with Crippen LogP contribution in [0.2, 0.25) is 0 Å². The van der Waals surface area contributed by atoms with Gasteiger partial charge in [0, 0.05) is 12.1 Å². The van der Waals surface area contributed by atoms with Gasteiger partial charge in [0.05, 0.1) is 4.90 Å². The third-order valence-electron chi connectivity index (χ3n) is 3.41. The first-order valence-corrected chi connectivity index (χ1v) is 7.59. The largest absolute Gasteiger partial charge is 0.330 e. The lowest BCUT2D eigenvalue weighted by Crippen LogP contribution is -2.39. The molecule has 0 unspecified atom stereocenters. The number of hydrogen-bond donors (Lipinski definition) is 2. The lowest BCUT2D eigenvalue weighted by atomic mass is 10.1. The number of hydrogen-bond acceptors (Lipinski definition) is 3. The number of nitrogens with one attached hydrogen (secondary N) is 1. The van der Waals surface area contributed by atoms with E-state index in [9.17, 15) is 17.2 Å². The lowest BCUT2D eigenvalue weighted by molar-refractivity contribution is 0.452. The van der Waals surface area contributed by atoms with Crippen molar-refractivity contribution in [2.45, 2.75) is 30.2 Å². The molecule has 106 valence electrons. The molecule has 19 heavy (non-hydrogen) atoms. The van der Waals surface area contributed by atoms with E-state index in [-0.39, 0.29) is 12.0 Å². The standard InChI is InChI=1S/C12H16F2N2O2S/c13-9-4-10(14)6-11(5-9)19(17,18)16-12-3-1-2-8(12)7-15/h4-6,8,12,16H,1-3,7,15H2/t8-,12-/m0/s1. The molecule has 7 heteroatoms. The molecular weight excluding hydrogens is 274 g/mol. The maximum Gasteiger partial charge on any atom is 0.241 e. The Morgan fingerprint density at radius 2 is 1.84 bits per heavy atom. The van der Waals surface area contributed by atoms with Gasteiger partial charge in [-0.15, -0.1) is 0 Å². The topological polar surface area (TPSA) is 72.2 Å². The molecule has 1 aliphatic rings. The molecule has 2 atom stereocenters. The van der Waals surface area contributed by atoms with Crippen molar-refractivity contribution in [1.29, 1.82) is 0 Å². The molecule has 1 aliphatic carbocycles. The molecule has 0 radical (unpaired) electrons. The van der Waals surface area contributed by atoms with Gasteiger partial charge in [-0.25, -0.2) is 21.9 Å². The Bertz CT molecular complexity index is 543. The van der Waals surface area contributed by atoms with Gasteiger partial charge in [0.2, 0.25) is 10.0 Å². The van der Waals surface area contributed by atoms with Gasteiger partial charge in [0.25, 0.3) is 0 Å². The molecule has 0 heterocycles. The van der Waals surface area contributed by atoms with Gasteiger partial charge in [0.1, 0.15) is 11.6 Å². The quantitative estimate of drug-likeness (QED) is 0.879. The summed E-state index contributed by atoms with van der Waals surface area (Å²) in [6, 6.07) is 1.98. The Kier molecular flexibility index (Phi) is 4.17. The minimum absolute atomic E-state index is 0.0770. The molecular formula is C12H16F2N2O2S. The number of rotatable bonds is 4. The summed E-state index contributed by atoms with van der Waals surface area (Å²) < 4.78 is 52.7. The maximum absolute atomic E-state index is 13.1. The van der Waals surface area contributed by atoms with Gasteiger partial charge in [-0.2, -0.15) is 0 Å². The van der Waals surface area contributed by atoms with E-state index in [1.165, 1.54) is 0 Å². The van der Waals surface area contributed by atoms with Crippen molar-refractivity contribution in [1.82, 2.24) is 4.72 Å². The van der Waals surface area contributed by atoms with Crippen molar-refractivity contribution in [3.8, 4) is 0 Å². The Hall–Kier alpha value is -1.05. The van der Waals surface area contributed by atoms with Crippen LogP contribution < -0.4 is 10.5 Å². The van der Waals surface area contributed by atoms with Crippen LogP contribution in [0.4, 0.5) is 8.78 Å². The van der Waals surface area contributed by atoms with Gasteiger partial charge >= 0.3 is 0 Å². The average Bonchev–Trinajstić information content (AvgIpc) is 2.74. The zero-order chi connectivity index (χ0) is 14.0. The highest BCUT2D eigenvalue weighted by molar-refractivity contribution is 7.89. The molecule has 0 spiro atoms. The third-order valence-corrected chi connectivity index (χ3v) is 4.88. The van der Waals surface area contributed by atoms with Crippen LogP contribution in [-0.4, -0.2) is 21.0 Å². The average molecular weight is 290 g/mol. The Morgan fingerprint density at radius 3 is 2.42 bits per heavy atom. The first-order chi connectivity index (χ1) is 8.92. The smallest absolute Gasteiger partial charge is 0.241 e. The highest BCUT2D eigenvalue weighted by Crippen LogP contribution is 2.26. The molecule has 0 aliphatic heterocycles. The molecule has 1 fully saturated rings. The second-order valence-electron chi connectivity index (χ2n) is 4.76. The van der Waals surface area contributed by atoms with E-state index in [2.05, 4.69) is 4.72 Å². The molecule has 0 amide bonds. The molecule has 1 aromatic carbocycles. The first-order valence-electron chi connectivity index (χ1n) is 6.11. The molecule has 0 bridgehead atoms. The van der Waals surface area contributed by atoms with Crippen LogP contribution in [0.3, 0.4) is 0 Å². The molecule has 2 rings (SSSR count). The van der Waals surface area contributed by atoms with Gasteiger partial charge in [0.15, 0.2) is 0 Å². The summed E-state index contributed by atoms with van der Waals surface area (Å²) in [4.78, 5) is -0.396. The predicted octanol–water partition coefficient (Wildman–Crippen LogP) is 1.37. The second kappa shape index (κ2) is 5.52. The van der Waals surface area contributed by atoms with Crippen LogP contribution in [0, 0.1) is 17.6 Å². The minimum Gasteiger partial charge on any atom is -0.330 e. The van der Waals surface area contributed by atoms with Crippen molar-refractivity contribution in [2.24, 2.45) is 11.7 Å². The van der Waals surface area contributed by atoms with Crippen LogP contribution in [-0.2, 0) is 10.0 Å². The van der Waals surface area contributed by atoms with Crippen molar-refractivity contribution in [3.05, 3.63) is 29.8 Å². The Balaban J connectivity index is 2.22. The lowest BCUT2D eigenvalue weighted by Gasteiger charge is -2.19. The zero-order valence-electron chi connectivity index (χ0n) is 10.3. The molecule has 1 saturated carbocycles. The first kappa shape index (κ1) is 14.4. The molecule has 0 saturated heterocycles. The molecule has 3 N–H and O–H groups in total. The van der Waals surface area contributed by atoms with Gasteiger partial charge in [-0.3, -0.25) is 0 Å². The van der Waals surface area contributed by atoms with Crippen molar-refractivity contribution in [3.63, 3.8) is 0 Å². The van der Waals surface area contributed by atoms with Crippen LogP contribution >= 0.6 is 0 Å². The fourth-order valence-electron chi connectivity index (χ4n) is 2.43. The normalized spacial score (nSPS) is 23.7. The summed E-state index contributed by atoms with van der Waals surface area (Å²) in [6.07, 6.45) is 2.45. The van der Waals surface area contributed by atoms with Crippen LogP contribution in [0.15, 0.2) is 23.1 Å². The highest BCUT2D eigenvalue weighted by Gasteiger charge is 2.30. The van der Waals surface area contributed by atoms with E-state index in [0.717, 1.165) is 25.0 Å². The monoisotopic (exact) mass is 290 g/mol. The summed E-state index contributed by atoms with van der Waals surface area (Å²) in [6.45, 7) is 0.394. The number of halogens is 2. The van der Waals surface area contributed by atoms with Crippen molar-refractivity contribution < 1.29 is 17.2 Å². The fourth-order valence-corrected chi connectivity index (χ4v) is 3.81. The van der Waals surface area contributed by atoms with Crippen molar-refractivity contribution in [2.75, 3.05) is 6.54 Å². The van der Waals surface area contributed by atoms with Gasteiger partial charge in [-0.1, -0.05) is 6.42 Å². The SMILES string of the molecule is NC[C@@H]1CCC[C@@H]1NS(=O)(=O)c1cc(F)cc(F)c1. The number of sulfonamides is 1. The minimum atomic E-state index is -3.92. The van der Waals surface area contributed by atoms with Gasteiger partial charge in [-0.05, 0) is 37.4 Å². The zero-order valence-corrected chi connectivity index (χ0v) is 11.1. The van der Waals surface area contributed by atoms with Crippen molar-refractivity contribution >= 4 is 10.0 Å². The second-order valence-corrected chi connectivity index (χ2v) is 6.47. The summed E-state index contributed by atoms with van der Waals surface area (Å²) in [5, 5.41) is 0. The summed E-state index contributed by atoms with van der Waals surface area (Å²) in [5.74, 6) is -1.75. The number of nitrogens with two attached hydrogens (primary N) is 1. The summed E-state index contributed by atoms with van der Waals surface area (Å²) in [5.41, 5.74) is 5.58. The molecule has 4 nitrogen and oxygen atoms in total. The third kappa shape index (κ3) is 3.29. The predicted molar refractivity (Wildman–Crippen MR) is 66.9 cm³/mol. The fraction of sp³-hybridized carbons (Fsp3) is 0.500. The molecule has 1 aromatic rings. The van der Waals surface area contributed by atoms with E-state index in [1.807, 2.05) is 0 Å². The molecule has 0 aromatic heterocycles.